The van der Waals surface area contributed by atoms with Crippen LogP contribution in [0.3, 0.4) is 0 Å². The number of ether oxygens (including phenoxy) is 1. The molecule has 1 atom stereocenters. The topological polar surface area (TPSA) is 55.6 Å². The highest BCUT2D eigenvalue weighted by atomic mass is 16.5. The third-order valence-corrected chi connectivity index (χ3v) is 3.13. The van der Waals surface area contributed by atoms with Crippen LogP contribution in [0, 0.1) is 0 Å². The number of nitrogens with zero attached hydrogens (tertiary/aromatic N) is 1. The Hall–Kier alpha value is -1.55. The first-order chi connectivity index (χ1) is 8.11. The van der Waals surface area contributed by atoms with E-state index in [4.69, 9.17) is 10.5 Å². The number of rotatable bonds is 3. The van der Waals surface area contributed by atoms with Gasteiger partial charge in [0.2, 0.25) is 0 Å². The molecule has 1 aromatic rings. The van der Waals surface area contributed by atoms with Gasteiger partial charge in [-0.3, -0.25) is 4.79 Å². The highest BCUT2D eigenvalue weighted by molar-refractivity contribution is 5.97. The van der Waals surface area contributed by atoms with Crippen molar-refractivity contribution in [2.75, 3.05) is 18.6 Å². The number of benzene rings is 1. The van der Waals surface area contributed by atoms with Crippen LogP contribution in [0.25, 0.3) is 0 Å². The van der Waals surface area contributed by atoms with Gasteiger partial charge in [0.1, 0.15) is 5.75 Å². The Morgan fingerprint density at radius 2 is 2.29 bits per heavy atom. The van der Waals surface area contributed by atoms with Gasteiger partial charge in [-0.1, -0.05) is 13.0 Å². The largest absolute Gasteiger partial charge is 0.482 e. The molecular weight excluding hydrogens is 216 g/mol. The van der Waals surface area contributed by atoms with Crippen molar-refractivity contribution in [2.45, 2.75) is 25.8 Å². The molecule has 1 amide bonds. The Balaban J connectivity index is 2.26. The van der Waals surface area contributed by atoms with Crippen LogP contribution in [-0.2, 0) is 11.2 Å². The molecule has 17 heavy (non-hydrogen) atoms. The number of nitrogens with two attached hydrogens (primary N) is 1. The Morgan fingerprint density at radius 1 is 1.53 bits per heavy atom. The van der Waals surface area contributed by atoms with E-state index in [1.165, 1.54) is 0 Å². The summed E-state index contributed by atoms with van der Waals surface area (Å²) in [7, 11) is 1.77. The van der Waals surface area contributed by atoms with Gasteiger partial charge in [0, 0.05) is 13.1 Å². The van der Waals surface area contributed by atoms with E-state index in [9.17, 15) is 4.79 Å². The molecule has 0 aliphatic carbocycles. The smallest absolute Gasteiger partial charge is 0.264 e. The van der Waals surface area contributed by atoms with Crippen LogP contribution in [0.2, 0.25) is 0 Å². The van der Waals surface area contributed by atoms with E-state index in [0.29, 0.717) is 0 Å². The van der Waals surface area contributed by atoms with Gasteiger partial charge < -0.3 is 15.4 Å². The normalized spacial score (nSPS) is 16.4. The summed E-state index contributed by atoms with van der Waals surface area (Å²) >= 11 is 0. The number of fused-ring (bicyclic) bond motifs is 1. The molecule has 0 saturated carbocycles. The second-order valence-corrected chi connectivity index (χ2v) is 4.42. The van der Waals surface area contributed by atoms with E-state index >= 15 is 0 Å². The summed E-state index contributed by atoms with van der Waals surface area (Å²) in [5.41, 5.74) is 7.91. The van der Waals surface area contributed by atoms with Crippen LogP contribution in [-0.4, -0.2) is 25.6 Å². The summed E-state index contributed by atoms with van der Waals surface area (Å²) in [5.74, 6) is 0.746. The Labute approximate surface area is 101 Å². The Morgan fingerprint density at radius 3 is 3.00 bits per heavy atom. The predicted molar refractivity (Wildman–Crippen MR) is 67.3 cm³/mol. The molecule has 0 saturated heterocycles. The number of likely N-dealkylation sites (N-methyl/N-ethyl adjacent to an activating group) is 1. The third kappa shape index (κ3) is 2.42. The average molecular weight is 234 g/mol. The maximum absolute atomic E-state index is 11.5. The molecule has 2 N–H and O–H groups in total. The minimum Gasteiger partial charge on any atom is -0.482 e. The van der Waals surface area contributed by atoms with E-state index in [-0.39, 0.29) is 18.6 Å². The summed E-state index contributed by atoms with van der Waals surface area (Å²) in [6, 6.07) is 6.08. The molecule has 0 radical (unpaired) electrons. The molecule has 1 aliphatic heterocycles. The summed E-state index contributed by atoms with van der Waals surface area (Å²) in [6.07, 6.45) is 1.77. The van der Waals surface area contributed by atoms with Crippen LogP contribution in [0.4, 0.5) is 5.69 Å². The van der Waals surface area contributed by atoms with E-state index in [0.717, 1.165) is 29.8 Å². The summed E-state index contributed by atoms with van der Waals surface area (Å²) in [4.78, 5) is 13.2. The molecule has 2 rings (SSSR count). The summed E-state index contributed by atoms with van der Waals surface area (Å²) in [5, 5.41) is 0. The molecular formula is C13H18N2O2. The number of carbonyl (C=O) groups is 1. The lowest BCUT2D eigenvalue weighted by molar-refractivity contribution is -0.120. The van der Waals surface area contributed by atoms with Crippen LogP contribution in [0.5, 0.6) is 5.75 Å². The quantitative estimate of drug-likeness (QED) is 0.858. The number of hydrogen-bond donors (Lipinski definition) is 1. The van der Waals surface area contributed by atoms with Crippen molar-refractivity contribution in [2.24, 2.45) is 5.73 Å². The minimum atomic E-state index is -0.0190. The first kappa shape index (κ1) is 11.9. The van der Waals surface area contributed by atoms with Gasteiger partial charge in [-0.25, -0.2) is 0 Å². The number of amides is 1. The van der Waals surface area contributed by atoms with E-state index < -0.39 is 0 Å². The van der Waals surface area contributed by atoms with Crippen molar-refractivity contribution in [3.63, 3.8) is 0 Å². The first-order valence-electron chi connectivity index (χ1n) is 5.89. The van der Waals surface area contributed by atoms with Crippen molar-refractivity contribution < 1.29 is 9.53 Å². The zero-order chi connectivity index (χ0) is 12.4. The lowest BCUT2D eigenvalue weighted by Gasteiger charge is -2.26. The summed E-state index contributed by atoms with van der Waals surface area (Å²) < 4.78 is 5.37. The molecule has 1 heterocycles. The van der Waals surface area contributed by atoms with Gasteiger partial charge in [-0.15, -0.1) is 0 Å². The fourth-order valence-corrected chi connectivity index (χ4v) is 1.89. The van der Waals surface area contributed by atoms with Crippen molar-refractivity contribution >= 4 is 11.6 Å². The Bertz CT molecular complexity index is 431. The highest BCUT2D eigenvalue weighted by Gasteiger charge is 2.22. The lowest BCUT2D eigenvalue weighted by atomic mass is 10.0. The molecule has 4 nitrogen and oxygen atoms in total. The standard InChI is InChI=1S/C13H18N2O2/c1-3-10(14)6-9-4-5-12-11(7-9)15(2)13(16)8-17-12/h4-5,7,10H,3,6,8,14H2,1-2H3. The van der Waals surface area contributed by atoms with Crippen LogP contribution in [0.1, 0.15) is 18.9 Å². The zero-order valence-electron chi connectivity index (χ0n) is 10.3. The fraction of sp³-hybridized carbons (Fsp3) is 0.462. The van der Waals surface area contributed by atoms with E-state index in [1.807, 2.05) is 18.2 Å². The molecule has 92 valence electrons. The molecule has 0 spiro atoms. The lowest BCUT2D eigenvalue weighted by Crippen LogP contribution is -2.35. The third-order valence-electron chi connectivity index (χ3n) is 3.13. The Kier molecular flexibility index (Phi) is 3.33. The van der Waals surface area contributed by atoms with Crippen molar-refractivity contribution in [3.8, 4) is 5.75 Å². The van der Waals surface area contributed by atoms with Gasteiger partial charge >= 0.3 is 0 Å². The second-order valence-electron chi connectivity index (χ2n) is 4.42. The maximum Gasteiger partial charge on any atom is 0.264 e. The first-order valence-corrected chi connectivity index (χ1v) is 5.89. The second kappa shape index (κ2) is 4.75. The van der Waals surface area contributed by atoms with Gasteiger partial charge in [-0.05, 0) is 30.5 Å². The fourth-order valence-electron chi connectivity index (χ4n) is 1.89. The number of carbonyl (C=O) groups excluding carboxylic acids is 1. The monoisotopic (exact) mass is 234 g/mol. The van der Waals surface area contributed by atoms with Crippen molar-refractivity contribution in [1.82, 2.24) is 0 Å². The highest BCUT2D eigenvalue weighted by Crippen LogP contribution is 2.32. The van der Waals surface area contributed by atoms with Crippen molar-refractivity contribution in [3.05, 3.63) is 23.8 Å². The molecule has 4 heteroatoms. The molecule has 1 aromatic carbocycles. The average Bonchev–Trinajstić information content (AvgIpc) is 2.34. The molecule has 0 fully saturated rings. The van der Waals surface area contributed by atoms with Gasteiger partial charge in [-0.2, -0.15) is 0 Å². The van der Waals surface area contributed by atoms with Gasteiger partial charge in [0.15, 0.2) is 6.61 Å². The molecule has 0 bridgehead atoms. The SMILES string of the molecule is CCC(N)Cc1ccc2c(c1)N(C)C(=O)CO2. The zero-order valence-corrected chi connectivity index (χ0v) is 10.3. The van der Waals surface area contributed by atoms with Crippen LogP contribution >= 0.6 is 0 Å². The molecule has 0 aromatic heterocycles. The van der Waals surface area contributed by atoms with Gasteiger partial charge in [0.25, 0.3) is 5.91 Å². The van der Waals surface area contributed by atoms with E-state index in [2.05, 4.69) is 6.92 Å². The van der Waals surface area contributed by atoms with Crippen LogP contribution in [0.15, 0.2) is 18.2 Å². The molecule has 1 aliphatic rings. The van der Waals surface area contributed by atoms with Crippen LogP contribution < -0.4 is 15.4 Å². The summed E-state index contributed by atoms with van der Waals surface area (Å²) in [6.45, 7) is 2.19. The predicted octanol–water partition coefficient (Wildman–Crippen LogP) is 1.32. The van der Waals surface area contributed by atoms with Crippen molar-refractivity contribution in [1.29, 1.82) is 0 Å². The van der Waals surface area contributed by atoms with Gasteiger partial charge in [0.05, 0.1) is 5.69 Å². The van der Waals surface area contributed by atoms with E-state index in [1.54, 1.807) is 11.9 Å². The minimum absolute atomic E-state index is 0.0190. The number of hydrogen-bond acceptors (Lipinski definition) is 3. The molecule has 1 unspecified atom stereocenters. The number of anilines is 1. The maximum atomic E-state index is 11.5.